The molecule has 1 aliphatic heterocycles. The van der Waals surface area contributed by atoms with Crippen LogP contribution in [0.15, 0.2) is 0 Å². The van der Waals surface area contributed by atoms with Gasteiger partial charge in [0, 0.05) is 0 Å². The highest BCUT2D eigenvalue weighted by Crippen LogP contribution is 2.60. The van der Waals surface area contributed by atoms with Crippen LogP contribution in [0.25, 0.3) is 0 Å². The first-order valence-corrected chi connectivity index (χ1v) is 10.5. The number of unbranched alkanes of at least 4 members (excludes halogenated alkanes) is 1. The molecule has 1 aliphatic rings. The Morgan fingerprint density at radius 2 is 1.72 bits per heavy atom. The first kappa shape index (κ1) is 16.9. The molecule has 1 unspecified atom stereocenters. The van der Waals surface area contributed by atoms with E-state index in [4.69, 9.17) is 0 Å². The lowest BCUT2D eigenvalue weighted by Gasteiger charge is -2.33. The lowest BCUT2D eigenvalue weighted by Crippen LogP contribution is -2.17. The quantitative estimate of drug-likeness (QED) is 0.425. The van der Waals surface area contributed by atoms with Crippen LogP contribution in [0, 0.1) is 0 Å². The van der Waals surface area contributed by atoms with Crippen LogP contribution in [0.1, 0.15) is 73.6 Å². The second-order valence-corrected chi connectivity index (χ2v) is 13.6. The fourth-order valence-corrected chi connectivity index (χ4v) is 7.81. The van der Waals surface area contributed by atoms with Crippen molar-refractivity contribution in [2.75, 3.05) is 12.3 Å². The molecule has 1 heterocycles. The van der Waals surface area contributed by atoms with Gasteiger partial charge >= 0.3 is 0 Å². The topological polar surface area (TPSA) is 0 Å². The molecule has 0 saturated carbocycles. The average molecular weight is 288 g/mol. The lowest BCUT2D eigenvalue weighted by atomic mass is 10.1. The Kier molecular flexibility index (Phi) is 6.61. The van der Waals surface area contributed by atoms with Gasteiger partial charge in [-0.05, 0) is 54.0 Å². The fourth-order valence-electron chi connectivity index (χ4n) is 2.99. The van der Waals surface area contributed by atoms with E-state index < -0.39 is 0 Å². The minimum absolute atomic E-state index is 0.309. The third-order valence-electron chi connectivity index (χ3n) is 3.86. The maximum Gasteiger partial charge on any atom is -0.0177 e. The molecule has 1 saturated heterocycles. The van der Waals surface area contributed by atoms with E-state index in [1.165, 1.54) is 38.3 Å². The first-order chi connectivity index (χ1) is 8.20. The van der Waals surface area contributed by atoms with Gasteiger partial charge in [0.05, 0.1) is 0 Å². The molecule has 108 valence electrons. The SMILES string of the molecule is CC(C)(C)PCCCC[C@H]1CCC[P@@]1C(C)(C)C. The van der Waals surface area contributed by atoms with Crippen molar-refractivity contribution < 1.29 is 0 Å². The maximum absolute atomic E-state index is 2.47. The zero-order valence-electron chi connectivity index (χ0n) is 13.5. The van der Waals surface area contributed by atoms with E-state index >= 15 is 0 Å². The lowest BCUT2D eigenvalue weighted by molar-refractivity contribution is 0.648. The molecule has 18 heavy (non-hydrogen) atoms. The Balaban J connectivity index is 2.19. The van der Waals surface area contributed by atoms with Gasteiger partial charge in [-0.1, -0.05) is 55.9 Å². The molecule has 0 amide bonds. The van der Waals surface area contributed by atoms with Crippen LogP contribution in [0.5, 0.6) is 0 Å². The zero-order valence-corrected chi connectivity index (χ0v) is 15.4. The first-order valence-electron chi connectivity index (χ1n) is 7.72. The summed E-state index contributed by atoms with van der Waals surface area (Å²) >= 11 is 0. The van der Waals surface area contributed by atoms with Crippen molar-refractivity contribution in [3.8, 4) is 0 Å². The number of hydrogen-bond donors (Lipinski definition) is 0. The fraction of sp³-hybridized carbons (Fsp3) is 1.00. The number of hydrogen-bond acceptors (Lipinski definition) is 0. The van der Waals surface area contributed by atoms with Crippen LogP contribution in [0.3, 0.4) is 0 Å². The maximum atomic E-state index is 2.47. The van der Waals surface area contributed by atoms with E-state index in [1.807, 2.05) is 0 Å². The predicted octanol–water partition coefficient (Wildman–Crippen LogP) is 6.08. The monoisotopic (exact) mass is 288 g/mol. The molecular formula is C16H34P2. The summed E-state index contributed by atoms with van der Waals surface area (Å²) in [5, 5.41) is 1.16. The molecule has 0 radical (unpaired) electrons. The van der Waals surface area contributed by atoms with E-state index in [9.17, 15) is 0 Å². The molecule has 1 rings (SSSR count). The molecule has 0 bridgehead atoms. The smallest absolute Gasteiger partial charge is 0.0177 e. The standard InChI is InChI=1S/C16H34P2/c1-15(2,3)17-12-8-7-10-14-11-9-13-18(14)16(4,5)6/h14,17H,7-13H2,1-6H3/t14-,18+/m0/s1. The van der Waals surface area contributed by atoms with Crippen LogP contribution >= 0.6 is 16.5 Å². The molecule has 0 aromatic heterocycles. The van der Waals surface area contributed by atoms with Crippen molar-refractivity contribution in [1.82, 2.24) is 0 Å². The molecule has 3 atom stereocenters. The summed E-state index contributed by atoms with van der Waals surface area (Å²) < 4.78 is 0. The average Bonchev–Trinajstić information content (AvgIpc) is 2.62. The highest BCUT2D eigenvalue weighted by atomic mass is 31.1. The Morgan fingerprint density at radius 3 is 2.28 bits per heavy atom. The van der Waals surface area contributed by atoms with E-state index in [2.05, 4.69) is 41.5 Å². The number of rotatable bonds is 5. The van der Waals surface area contributed by atoms with Gasteiger partial charge in [-0.15, -0.1) is 8.58 Å². The molecule has 0 nitrogen and oxygen atoms in total. The van der Waals surface area contributed by atoms with Crippen molar-refractivity contribution in [2.24, 2.45) is 0 Å². The molecule has 0 aromatic carbocycles. The predicted molar refractivity (Wildman–Crippen MR) is 91.3 cm³/mol. The van der Waals surface area contributed by atoms with E-state index in [0.717, 1.165) is 14.2 Å². The van der Waals surface area contributed by atoms with Gasteiger partial charge in [0.1, 0.15) is 0 Å². The summed E-state index contributed by atoms with van der Waals surface area (Å²) in [5.74, 6) is 0. The van der Waals surface area contributed by atoms with Crippen LogP contribution in [-0.2, 0) is 0 Å². The van der Waals surface area contributed by atoms with Gasteiger partial charge in [0.15, 0.2) is 0 Å². The van der Waals surface area contributed by atoms with Gasteiger partial charge in [-0.3, -0.25) is 0 Å². The molecular weight excluding hydrogens is 254 g/mol. The van der Waals surface area contributed by atoms with Gasteiger partial charge < -0.3 is 0 Å². The van der Waals surface area contributed by atoms with Crippen molar-refractivity contribution in [1.29, 1.82) is 0 Å². The largest absolute Gasteiger partial charge is 0.117 e. The molecule has 1 fully saturated rings. The normalized spacial score (nSPS) is 26.3. The van der Waals surface area contributed by atoms with Crippen LogP contribution in [-0.4, -0.2) is 28.3 Å². The van der Waals surface area contributed by atoms with Gasteiger partial charge in [0.2, 0.25) is 0 Å². The minimum Gasteiger partial charge on any atom is -0.117 e. The highest BCUT2D eigenvalue weighted by molar-refractivity contribution is 7.60. The summed E-state index contributed by atoms with van der Waals surface area (Å²) in [5.41, 5.74) is 1.10. The Hall–Kier alpha value is 0.860. The van der Waals surface area contributed by atoms with Crippen LogP contribution in [0.2, 0.25) is 0 Å². The van der Waals surface area contributed by atoms with Crippen molar-refractivity contribution in [2.45, 2.75) is 89.6 Å². The molecule has 0 spiro atoms. The van der Waals surface area contributed by atoms with Gasteiger partial charge in [0.25, 0.3) is 0 Å². The summed E-state index contributed by atoms with van der Waals surface area (Å²) in [6, 6.07) is 0. The summed E-state index contributed by atoms with van der Waals surface area (Å²) in [4.78, 5) is 0. The second-order valence-electron chi connectivity index (χ2n) is 7.83. The van der Waals surface area contributed by atoms with Crippen molar-refractivity contribution >= 4 is 16.5 Å². The summed E-state index contributed by atoms with van der Waals surface area (Å²) in [6.07, 6.45) is 10.5. The minimum atomic E-state index is 0.309. The Labute approximate surface area is 119 Å². The third kappa shape index (κ3) is 6.34. The molecule has 0 aromatic rings. The Morgan fingerprint density at radius 1 is 1.06 bits per heavy atom. The van der Waals surface area contributed by atoms with E-state index in [0.29, 0.717) is 18.2 Å². The van der Waals surface area contributed by atoms with Crippen molar-refractivity contribution in [3.05, 3.63) is 0 Å². The molecule has 0 N–H and O–H groups in total. The molecule has 2 heteroatoms. The second kappa shape index (κ2) is 7.04. The summed E-state index contributed by atoms with van der Waals surface area (Å²) in [6.45, 7) is 14.5. The van der Waals surface area contributed by atoms with Gasteiger partial charge in [-0.25, -0.2) is 0 Å². The Bertz CT molecular complexity index is 234. The van der Waals surface area contributed by atoms with Gasteiger partial charge in [-0.2, -0.15) is 0 Å². The summed E-state index contributed by atoms with van der Waals surface area (Å²) in [7, 11) is 1.46. The van der Waals surface area contributed by atoms with E-state index in [-0.39, 0.29) is 0 Å². The third-order valence-corrected chi connectivity index (χ3v) is 9.44. The van der Waals surface area contributed by atoms with Crippen molar-refractivity contribution in [3.63, 3.8) is 0 Å². The van der Waals surface area contributed by atoms with Crippen LogP contribution in [0.4, 0.5) is 0 Å². The van der Waals surface area contributed by atoms with E-state index in [1.54, 1.807) is 6.16 Å². The highest BCUT2D eigenvalue weighted by Gasteiger charge is 2.34. The zero-order chi connectivity index (χ0) is 13.8. The van der Waals surface area contributed by atoms with Crippen LogP contribution < -0.4 is 0 Å². The molecule has 0 aliphatic carbocycles.